The number of benzene rings is 1. The highest BCUT2D eigenvalue weighted by atomic mass is 16.5. The van der Waals surface area contributed by atoms with Gasteiger partial charge in [-0.1, -0.05) is 12.1 Å². The van der Waals surface area contributed by atoms with Crippen molar-refractivity contribution in [2.45, 2.75) is 13.0 Å². The van der Waals surface area contributed by atoms with Crippen molar-refractivity contribution in [3.8, 4) is 11.3 Å². The summed E-state index contributed by atoms with van der Waals surface area (Å²) in [6, 6.07) is 10.2. The smallest absolute Gasteiger partial charge is 0.264 e. The van der Waals surface area contributed by atoms with Gasteiger partial charge in [0.15, 0.2) is 0 Å². The Morgan fingerprint density at radius 2 is 1.95 bits per heavy atom. The van der Waals surface area contributed by atoms with Gasteiger partial charge in [0.1, 0.15) is 6.10 Å². The molecule has 1 amide bonds. The van der Waals surface area contributed by atoms with Gasteiger partial charge in [0.05, 0.1) is 5.69 Å². The molecule has 2 N–H and O–H groups in total. The number of hydrogen-bond donors (Lipinski definition) is 2. The molecule has 1 unspecified atom stereocenters. The average Bonchev–Trinajstić information content (AvgIpc) is 2.48. The van der Waals surface area contributed by atoms with Crippen molar-refractivity contribution >= 4 is 11.6 Å². The molecule has 2 aromatic rings. The van der Waals surface area contributed by atoms with E-state index in [1.807, 2.05) is 12.1 Å². The Labute approximate surface area is 115 Å². The maximum atomic E-state index is 11.6. The summed E-state index contributed by atoms with van der Waals surface area (Å²) in [6.45, 7) is 1.67. The van der Waals surface area contributed by atoms with Crippen molar-refractivity contribution < 1.29 is 9.53 Å². The summed E-state index contributed by atoms with van der Waals surface area (Å²) in [5.41, 5.74) is 1.94. The molecule has 1 aromatic heterocycles. The molecule has 6 nitrogen and oxygen atoms in total. The third kappa shape index (κ3) is 3.30. The Hall–Kier alpha value is -2.47. The summed E-state index contributed by atoms with van der Waals surface area (Å²) in [6.07, 6.45) is -0.504. The second-order valence-electron chi connectivity index (χ2n) is 4.25. The van der Waals surface area contributed by atoms with E-state index in [-0.39, 0.29) is 11.5 Å². The molecule has 0 saturated carbocycles. The van der Waals surface area contributed by atoms with Crippen LogP contribution in [0.25, 0.3) is 11.3 Å². The molecule has 0 aliphatic carbocycles. The quantitative estimate of drug-likeness (QED) is 0.882. The lowest BCUT2D eigenvalue weighted by molar-refractivity contribution is -0.124. The minimum atomic E-state index is -0.504. The van der Waals surface area contributed by atoms with Crippen LogP contribution in [0.1, 0.15) is 6.92 Å². The van der Waals surface area contributed by atoms with Gasteiger partial charge in [0.2, 0.25) is 0 Å². The first-order valence-electron chi connectivity index (χ1n) is 6.10. The largest absolute Gasteiger partial charge is 0.372 e. The second kappa shape index (κ2) is 6.12. The van der Waals surface area contributed by atoms with Gasteiger partial charge in [-0.25, -0.2) is 5.10 Å². The monoisotopic (exact) mass is 273 g/mol. The molecule has 1 atom stereocenters. The van der Waals surface area contributed by atoms with Crippen LogP contribution in [0.4, 0.5) is 5.69 Å². The zero-order valence-corrected chi connectivity index (χ0v) is 11.2. The Balaban J connectivity index is 2.12. The maximum Gasteiger partial charge on any atom is 0.264 e. The lowest BCUT2D eigenvalue weighted by Gasteiger charge is -2.10. The van der Waals surface area contributed by atoms with E-state index in [0.717, 1.165) is 5.56 Å². The highest BCUT2D eigenvalue weighted by Gasteiger charge is 2.11. The predicted octanol–water partition coefficient (Wildman–Crippen LogP) is 1.41. The third-order valence-corrected chi connectivity index (χ3v) is 2.85. The van der Waals surface area contributed by atoms with Crippen LogP contribution in [0, 0.1) is 0 Å². The van der Waals surface area contributed by atoms with Crippen LogP contribution in [-0.4, -0.2) is 29.3 Å². The number of carbonyl (C=O) groups is 1. The van der Waals surface area contributed by atoms with Crippen molar-refractivity contribution in [2.75, 3.05) is 12.4 Å². The number of aromatic amines is 1. The number of nitrogens with zero attached hydrogens (tertiary/aromatic N) is 1. The van der Waals surface area contributed by atoms with Crippen molar-refractivity contribution in [1.29, 1.82) is 0 Å². The van der Waals surface area contributed by atoms with Gasteiger partial charge < -0.3 is 10.1 Å². The van der Waals surface area contributed by atoms with Crippen molar-refractivity contribution in [1.82, 2.24) is 10.2 Å². The Bertz CT molecular complexity index is 629. The normalized spacial score (nSPS) is 11.9. The highest BCUT2D eigenvalue weighted by Crippen LogP contribution is 2.18. The molecule has 1 aromatic carbocycles. The van der Waals surface area contributed by atoms with Crippen molar-refractivity contribution in [2.24, 2.45) is 0 Å². The predicted molar refractivity (Wildman–Crippen MR) is 75.4 cm³/mol. The molecule has 0 fully saturated rings. The van der Waals surface area contributed by atoms with Gasteiger partial charge in [-0.2, -0.15) is 5.10 Å². The van der Waals surface area contributed by atoms with Crippen LogP contribution < -0.4 is 10.9 Å². The molecule has 0 aliphatic rings. The molecule has 104 valence electrons. The van der Waals surface area contributed by atoms with Crippen molar-refractivity contribution in [3.63, 3.8) is 0 Å². The van der Waals surface area contributed by atoms with E-state index in [2.05, 4.69) is 15.5 Å². The molecular weight excluding hydrogens is 258 g/mol. The Morgan fingerprint density at radius 3 is 2.50 bits per heavy atom. The van der Waals surface area contributed by atoms with E-state index in [4.69, 9.17) is 4.74 Å². The molecular formula is C14H15N3O3. The fourth-order valence-corrected chi connectivity index (χ4v) is 1.58. The number of carbonyl (C=O) groups excluding carboxylic acids is 1. The maximum absolute atomic E-state index is 11.6. The van der Waals surface area contributed by atoms with Crippen LogP contribution >= 0.6 is 0 Å². The first-order valence-corrected chi connectivity index (χ1v) is 6.10. The molecule has 0 spiro atoms. The second-order valence-corrected chi connectivity index (χ2v) is 4.25. The molecule has 0 radical (unpaired) electrons. The molecule has 1 heterocycles. The van der Waals surface area contributed by atoms with E-state index >= 15 is 0 Å². The average molecular weight is 273 g/mol. The number of H-pyrrole nitrogens is 1. The summed E-state index contributed by atoms with van der Waals surface area (Å²) in [7, 11) is 1.48. The Kier molecular flexibility index (Phi) is 4.27. The Morgan fingerprint density at radius 1 is 1.25 bits per heavy atom. The first-order chi connectivity index (χ1) is 9.60. The molecule has 2 rings (SSSR count). The van der Waals surface area contributed by atoms with E-state index in [0.29, 0.717) is 11.4 Å². The summed E-state index contributed by atoms with van der Waals surface area (Å²) >= 11 is 0. The highest BCUT2D eigenvalue weighted by molar-refractivity contribution is 5.94. The summed E-state index contributed by atoms with van der Waals surface area (Å²) in [4.78, 5) is 22.6. The van der Waals surface area contributed by atoms with Gasteiger partial charge in [-0.05, 0) is 25.1 Å². The lowest BCUT2D eigenvalue weighted by Crippen LogP contribution is -2.26. The molecule has 0 aliphatic heterocycles. The molecule has 0 saturated heterocycles. The van der Waals surface area contributed by atoms with Crippen LogP contribution in [0.5, 0.6) is 0 Å². The van der Waals surface area contributed by atoms with Crippen LogP contribution in [0.15, 0.2) is 41.2 Å². The van der Waals surface area contributed by atoms with Crippen LogP contribution in [0.2, 0.25) is 0 Å². The number of ether oxygens (including phenoxy) is 1. The van der Waals surface area contributed by atoms with Gasteiger partial charge in [0.25, 0.3) is 11.5 Å². The summed E-state index contributed by atoms with van der Waals surface area (Å²) < 4.78 is 4.93. The first kappa shape index (κ1) is 14.0. The number of hydrogen-bond acceptors (Lipinski definition) is 4. The van der Waals surface area contributed by atoms with Gasteiger partial charge in [0, 0.05) is 24.4 Å². The molecule has 20 heavy (non-hydrogen) atoms. The van der Waals surface area contributed by atoms with E-state index in [1.54, 1.807) is 25.1 Å². The van der Waals surface area contributed by atoms with Gasteiger partial charge >= 0.3 is 0 Å². The van der Waals surface area contributed by atoms with Crippen LogP contribution in [-0.2, 0) is 9.53 Å². The molecule has 0 bridgehead atoms. The zero-order chi connectivity index (χ0) is 14.5. The van der Waals surface area contributed by atoms with E-state index < -0.39 is 6.10 Å². The zero-order valence-electron chi connectivity index (χ0n) is 11.2. The minimum absolute atomic E-state index is 0.206. The lowest BCUT2D eigenvalue weighted by atomic mass is 10.1. The van der Waals surface area contributed by atoms with E-state index in [9.17, 15) is 9.59 Å². The number of methoxy groups -OCH3 is 1. The fourth-order valence-electron chi connectivity index (χ4n) is 1.58. The number of aromatic nitrogens is 2. The van der Waals surface area contributed by atoms with E-state index in [1.165, 1.54) is 13.2 Å². The molecule has 6 heteroatoms. The summed E-state index contributed by atoms with van der Waals surface area (Å²) in [5.74, 6) is -0.206. The summed E-state index contributed by atoms with van der Waals surface area (Å²) in [5, 5.41) is 9.05. The number of rotatable bonds is 4. The number of amides is 1. The SMILES string of the molecule is COC(C)C(=O)Nc1ccc(-c2ccc(=O)[nH]n2)cc1. The fraction of sp³-hybridized carbons (Fsp3) is 0.214. The minimum Gasteiger partial charge on any atom is -0.372 e. The topological polar surface area (TPSA) is 84.1 Å². The van der Waals surface area contributed by atoms with Crippen LogP contribution in [0.3, 0.4) is 0 Å². The standard InChI is InChI=1S/C14H15N3O3/c1-9(20-2)14(19)15-11-5-3-10(4-6-11)12-7-8-13(18)17-16-12/h3-9H,1-2H3,(H,15,19)(H,17,18). The number of anilines is 1. The third-order valence-electron chi connectivity index (χ3n) is 2.85. The van der Waals surface area contributed by atoms with Crippen molar-refractivity contribution in [3.05, 3.63) is 46.8 Å². The van der Waals surface area contributed by atoms with Gasteiger partial charge in [-0.15, -0.1) is 0 Å². The van der Waals surface area contributed by atoms with Gasteiger partial charge in [-0.3, -0.25) is 9.59 Å². The number of nitrogens with one attached hydrogen (secondary N) is 2.